The minimum absolute atomic E-state index is 0.00428. The van der Waals surface area contributed by atoms with Crippen molar-refractivity contribution in [2.75, 3.05) is 0 Å². The minimum atomic E-state index is -0.841. The van der Waals surface area contributed by atoms with Crippen LogP contribution in [0.15, 0.2) is 42.5 Å². The molecule has 0 aliphatic heterocycles. The maximum Gasteiger partial charge on any atom is 0.269 e. The van der Waals surface area contributed by atoms with E-state index in [4.69, 9.17) is 0 Å². The highest BCUT2D eigenvalue weighted by Gasteiger charge is 2.12. The first kappa shape index (κ1) is 14.1. The van der Waals surface area contributed by atoms with E-state index in [2.05, 4.69) is 0 Å². The fourth-order valence-electron chi connectivity index (χ4n) is 1.91. The van der Waals surface area contributed by atoms with Gasteiger partial charge < -0.3 is 5.11 Å². The van der Waals surface area contributed by atoms with Crippen molar-refractivity contribution >= 4 is 5.69 Å². The Kier molecular flexibility index (Phi) is 4.10. The molecule has 5 heteroatoms. The zero-order valence-electron chi connectivity index (χ0n) is 10.9. The number of aryl methyl sites for hydroxylation is 1. The molecule has 1 N–H and O–H groups in total. The Morgan fingerprint density at radius 3 is 2.45 bits per heavy atom. The van der Waals surface area contributed by atoms with Gasteiger partial charge in [-0.25, -0.2) is 4.39 Å². The summed E-state index contributed by atoms with van der Waals surface area (Å²) >= 11 is 0. The summed E-state index contributed by atoms with van der Waals surface area (Å²) < 4.78 is 13.4. The first-order chi connectivity index (χ1) is 9.47. The number of nitro benzene ring substituents is 1. The van der Waals surface area contributed by atoms with E-state index in [0.717, 1.165) is 5.56 Å². The van der Waals surface area contributed by atoms with E-state index >= 15 is 0 Å². The third kappa shape index (κ3) is 3.19. The summed E-state index contributed by atoms with van der Waals surface area (Å²) in [4.78, 5) is 10.1. The third-order valence-electron chi connectivity index (χ3n) is 3.16. The Morgan fingerprint density at radius 1 is 1.25 bits per heavy atom. The predicted molar refractivity (Wildman–Crippen MR) is 72.9 cm³/mol. The summed E-state index contributed by atoms with van der Waals surface area (Å²) in [7, 11) is 0. The van der Waals surface area contributed by atoms with Crippen LogP contribution in [0.4, 0.5) is 10.1 Å². The molecule has 2 rings (SSSR count). The van der Waals surface area contributed by atoms with Gasteiger partial charge in [0.15, 0.2) is 0 Å². The van der Waals surface area contributed by atoms with Gasteiger partial charge in [0.25, 0.3) is 5.69 Å². The Hall–Kier alpha value is -2.27. The van der Waals surface area contributed by atoms with Gasteiger partial charge >= 0.3 is 0 Å². The molecular weight excluding hydrogens is 261 g/mol. The second-order valence-corrected chi connectivity index (χ2v) is 4.65. The van der Waals surface area contributed by atoms with Crippen LogP contribution in [-0.2, 0) is 6.42 Å². The molecule has 2 aromatic carbocycles. The molecule has 0 aliphatic rings. The lowest BCUT2D eigenvalue weighted by molar-refractivity contribution is -0.384. The highest BCUT2D eigenvalue weighted by molar-refractivity contribution is 5.34. The molecule has 0 radical (unpaired) electrons. The molecule has 0 saturated carbocycles. The molecule has 0 heterocycles. The first-order valence-corrected chi connectivity index (χ1v) is 6.15. The Balaban J connectivity index is 2.12. The average Bonchev–Trinajstić information content (AvgIpc) is 2.42. The molecule has 0 spiro atoms. The lowest BCUT2D eigenvalue weighted by Crippen LogP contribution is -2.03. The van der Waals surface area contributed by atoms with Gasteiger partial charge in [-0.1, -0.05) is 24.3 Å². The van der Waals surface area contributed by atoms with Gasteiger partial charge in [-0.15, -0.1) is 0 Å². The lowest BCUT2D eigenvalue weighted by atomic mass is 10.00. The number of nitro groups is 1. The summed E-state index contributed by atoms with van der Waals surface area (Å²) in [6.07, 6.45) is -0.563. The highest BCUT2D eigenvalue weighted by Crippen LogP contribution is 2.21. The smallest absolute Gasteiger partial charge is 0.269 e. The van der Waals surface area contributed by atoms with E-state index in [9.17, 15) is 19.6 Å². The Bertz CT molecular complexity index is 626. The predicted octanol–water partition coefficient (Wildman–Crippen LogP) is 3.32. The van der Waals surface area contributed by atoms with Crippen LogP contribution in [0, 0.1) is 22.9 Å². The lowest BCUT2D eigenvalue weighted by Gasteiger charge is -2.12. The molecule has 0 amide bonds. The second kappa shape index (κ2) is 5.79. The molecule has 104 valence electrons. The van der Waals surface area contributed by atoms with Crippen molar-refractivity contribution in [3.63, 3.8) is 0 Å². The topological polar surface area (TPSA) is 63.4 Å². The van der Waals surface area contributed by atoms with Crippen molar-refractivity contribution in [3.05, 3.63) is 75.1 Å². The first-order valence-electron chi connectivity index (χ1n) is 6.15. The standard InChI is InChI=1S/C15H14FNO3/c1-10-2-5-12(9-14(10)16)15(18)8-11-3-6-13(7-4-11)17(19)20/h2-7,9,15,18H,8H2,1H3. The van der Waals surface area contributed by atoms with Gasteiger partial charge in [0, 0.05) is 18.6 Å². The van der Waals surface area contributed by atoms with Crippen LogP contribution in [-0.4, -0.2) is 10.0 Å². The molecular formula is C15H14FNO3. The van der Waals surface area contributed by atoms with Gasteiger partial charge in [0.1, 0.15) is 5.82 Å². The number of aliphatic hydroxyl groups excluding tert-OH is 1. The number of nitrogens with zero attached hydrogens (tertiary/aromatic N) is 1. The minimum Gasteiger partial charge on any atom is -0.388 e. The number of aliphatic hydroxyl groups is 1. The van der Waals surface area contributed by atoms with Crippen LogP contribution in [0.2, 0.25) is 0 Å². The van der Waals surface area contributed by atoms with E-state index in [0.29, 0.717) is 11.1 Å². The number of halogens is 1. The SMILES string of the molecule is Cc1ccc(C(O)Cc2ccc([N+](=O)[O-])cc2)cc1F. The van der Waals surface area contributed by atoms with E-state index < -0.39 is 11.0 Å². The molecule has 1 atom stereocenters. The molecule has 4 nitrogen and oxygen atoms in total. The fraction of sp³-hybridized carbons (Fsp3) is 0.200. The molecule has 0 saturated heterocycles. The number of benzene rings is 2. The maximum absolute atomic E-state index is 13.4. The van der Waals surface area contributed by atoms with Crippen molar-refractivity contribution in [1.82, 2.24) is 0 Å². The summed E-state index contributed by atoms with van der Waals surface area (Å²) in [5, 5.41) is 20.6. The quantitative estimate of drug-likeness (QED) is 0.687. The summed E-state index contributed by atoms with van der Waals surface area (Å²) in [6.45, 7) is 1.65. The molecule has 0 fully saturated rings. The number of hydrogen-bond donors (Lipinski definition) is 1. The molecule has 0 aromatic heterocycles. The molecule has 20 heavy (non-hydrogen) atoms. The Morgan fingerprint density at radius 2 is 1.90 bits per heavy atom. The van der Waals surface area contributed by atoms with Crippen LogP contribution in [0.1, 0.15) is 22.8 Å². The normalized spacial score (nSPS) is 12.2. The van der Waals surface area contributed by atoms with E-state index in [1.165, 1.54) is 18.2 Å². The second-order valence-electron chi connectivity index (χ2n) is 4.65. The van der Waals surface area contributed by atoms with Crippen molar-refractivity contribution in [2.24, 2.45) is 0 Å². The molecule has 0 bridgehead atoms. The van der Waals surface area contributed by atoms with E-state index in [1.807, 2.05) is 0 Å². The van der Waals surface area contributed by atoms with Gasteiger partial charge in [-0.3, -0.25) is 10.1 Å². The van der Waals surface area contributed by atoms with Crippen LogP contribution >= 0.6 is 0 Å². The van der Waals surface area contributed by atoms with Gasteiger partial charge in [-0.2, -0.15) is 0 Å². The van der Waals surface area contributed by atoms with E-state index in [-0.39, 0.29) is 17.9 Å². The number of rotatable bonds is 4. The molecule has 2 aromatic rings. The summed E-state index contributed by atoms with van der Waals surface area (Å²) in [6, 6.07) is 10.6. The monoisotopic (exact) mass is 275 g/mol. The highest BCUT2D eigenvalue weighted by atomic mass is 19.1. The number of hydrogen-bond acceptors (Lipinski definition) is 3. The van der Waals surface area contributed by atoms with Gasteiger partial charge in [0.05, 0.1) is 11.0 Å². The maximum atomic E-state index is 13.4. The van der Waals surface area contributed by atoms with Crippen LogP contribution < -0.4 is 0 Å². The van der Waals surface area contributed by atoms with Gasteiger partial charge in [0.2, 0.25) is 0 Å². The molecule has 0 aliphatic carbocycles. The number of non-ortho nitro benzene ring substituents is 1. The van der Waals surface area contributed by atoms with Gasteiger partial charge in [-0.05, 0) is 29.7 Å². The van der Waals surface area contributed by atoms with Crippen molar-refractivity contribution in [2.45, 2.75) is 19.4 Å². The molecule has 1 unspecified atom stereocenters. The third-order valence-corrected chi connectivity index (χ3v) is 3.16. The van der Waals surface area contributed by atoms with E-state index in [1.54, 1.807) is 31.2 Å². The van der Waals surface area contributed by atoms with Crippen molar-refractivity contribution < 1.29 is 14.4 Å². The summed E-state index contributed by atoms with van der Waals surface area (Å²) in [5.41, 5.74) is 1.77. The Labute approximate surface area is 115 Å². The van der Waals surface area contributed by atoms with Crippen LogP contribution in [0.3, 0.4) is 0 Å². The zero-order valence-corrected chi connectivity index (χ0v) is 10.9. The van der Waals surface area contributed by atoms with Crippen LogP contribution in [0.5, 0.6) is 0 Å². The van der Waals surface area contributed by atoms with Crippen molar-refractivity contribution in [1.29, 1.82) is 0 Å². The zero-order chi connectivity index (χ0) is 14.7. The fourth-order valence-corrected chi connectivity index (χ4v) is 1.91. The van der Waals surface area contributed by atoms with Crippen molar-refractivity contribution in [3.8, 4) is 0 Å². The van der Waals surface area contributed by atoms with Crippen LogP contribution in [0.25, 0.3) is 0 Å². The largest absolute Gasteiger partial charge is 0.388 e. The average molecular weight is 275 g/mol. The summed E-state index contributed by atoms with van der Waals surface area (Å²) in [5.74, 6) is -0.356.